The maximum atomic E-state index is 13.4. The molecule has 1 fully saturated rings. The Hall–Kier alpha value is -2.83. The lowest BCUT2D eigenvalue weighted by Gasteiger charge is -2.34. The molecule has 2 aliphatic heterocycles. The van der Waals surface area contributed by atoms with Gasteiger partial charge in [0.15, 0.2) is 0 Å². The molecule has 0 unspecified atom stereocenters. The van der Waals surface area contributed by atoms with Gasteiger partial charge in [-0.15, -0.1) is 0 Å². The Balaban J connectivity index is 1.58. The van der Waals surface area contributed by atoms with Crippen LogP contribution < -0.4 is 4.90 Å². The molecule has 0 saturated carbocycles. The zero-order chi connectivity index (χ0) is 28.1. The van der Waals surface area contributed by atoms with Crippen LogP contribution in [0.25, 0.3) is 0 Å². The quantitative estimate of drug-likeness (QED) is 0.298. The molecule has 1 saturated heterocycles. The Labute approximate surface area is 219 Å². The van der Waals surface area contributed by atoms with Crippen molar-refractivity contribution in [2.45, 2.75) is 19.5 Å². The van der Waals surface area contributed by atoms with Crippen molar-refractivity contribution in [1.29, 1.82) is 5.26 Å². The Bertz CT molecular complexity index is 1230. The Morgan fingerprint density at radius 1 is 1.05 bits per heavy atom. The van der Waals surface area contributed by atoms with Gasteiger partial charge in [-0.1, -0.05) is 0 Å². The van der Waals surface area contributed by atoms with E-state index in [1.54, 1.807) is 0 Å². The standard InChI is InChI=1S/C24H29F3N4O6S/c1-17-20(5-6-29-7-9-30(10-8-29)38(34,35)14-13-37-12-11-36-2)23(33)31(22(17)32)19-4-3-18(16-28)21(15-19)24(25,26)27/h3-4,15H,5-14H2,1-2H3. The van der Waals surface area contributed by atoms with Crippen LogP contribution >= 0.6 is 0 Å². The van der Waals surface area contributed by atoms with Gasteiger partial charge < -0.3 is 14.4 Å². The number of hydrogen-bond acceptors (Lipinski definition) is 8. The number of rotatable bonds is 11. The van der Waals surface area contributed by atoms with E-state index in [0.29, 0.717) is 43.8 Å². The summed E-state index contributed by atoms with van der Waals surface area (Å²) >= 11 is 0. The Morgan fingerprint density at radius 3 is 2.34 bits per heavy atom. The highest BCUT2D eigenvalue weighted by Gasteiger charge is 2.39. The van der Waals surface area contributed by atoms with Crippen LogP contribution in [0.15, 0.2) is 29.3 Å². The van der Waals surface area contributed by atoms with Gasteiger partial charge in [-0.25, -0.2) is 13.3 Å². The van der Waals surface area contributed by atoms with Crippen LogP contribution in [-0.2, 0) is 35.3 Å². The smallest absolute Gasteiger partial charge is 0.382 e. The van der Waals surface area contributed by atoms with E-state index >= 15 is 0 Å². The first-order valence-corrected chi connectivity index (χ1v) is 13.5. The number of amides is 2. The van der Waals surface area contributed by atoms with Gasteiger partial charge in [0.2, 0.25) is 10.0 Å². The van der Waals surface area contributed by atoms with Crippen molar-refractivity contribution < 1.29 is 40.7 Å². The number of nitrogens with zero attached hydrogens (tertiary/aromatic N) is 4. The third-order valence-electron chi connectivity index (χ3n) is 6.45. The fraction of sp³-hybridized carbons (Fsp3) is 0.542. The van der Waals surface area contributed by atoms with E-state index in [1.165, 1.54) is 24.4 Å². The van der Waals surface area contributed by atoms with Crippen molar-refractivity contribution in [2.24, 2.45) is 0 Å². The van der Waals surface area contributed by atoms with E-state index < -0.39 is 39.1 Å². The van der Waals surface area contributed by atoms with Crippen LogP contribution in [0.2, 0.25) is 0 Å². The van der Waals surface area contributed by atoms with Crippen LogP contribution in [0, 0.1) is 11.3 Å². The van der Waals surface area contributed by atoms with E-state index in [4.69, 9.17) is 14.7 Å². The van der Waals surface area contributed by atoms with Crippen LogP contribution in [0.1, 0.15) is 24.5 Å². The van der Waals surface area contributed by atoms with E-state index in [-0.39, 0.29) is 48.7 Å². The molecule has 0 aromatic heterocycles. The third kappa shape index (κ3) is 6.78. The lowest BCUT2D eigenvalue weighted by Crippen LogP contribution is -2.49. The number of carbonyl (C=O) groups excluding carboxylic acids is 2. The molecule has 1 aromatic carbocycles. The number of halogens is 3. The van der Waals surface area contributed by atoms with E-state index in [2.05, 4.69) is 0 Å². The predicted molar refractivity (Wildman–Crippen MR) is 130 cm³/mol. The SMILES string of the molecule is COCCOCCS(=O)(=O)N1CCN(CCC2=C(C)C(=O)N(c3ccc(C#N)c(C(F)(F)F)c3)C2=O)CC1. The van der Waals surface area contributed by atoms with Gasteiger partial charge in [0.05, 0.1) is 48.5 Å². The average Bonchev–Trinajstić information content (AvgIpc) is 3.09. The number of hydrogen-bond donors (Lipinski definition) is 0. The zero-order valence-corrected chi connectivity index (χ0v) is 21.9. The molecule has 2 heterocycles. The molecule has 38 heavy (non-hydrogen) atoms. The predicted octanol–water partition coefficient (Wildman–Crippen LogP) is 1.77. The highest BCUT2D eigenvalue weighted by atomic mass is 32.2. The summed E-state index contributed by atoms with van der Waals surface area (Å²) < 4.78 is 76.7. The minimum atomic E-state index is -4.83. The average molecular weight is 559 g/mol. The normalized spacial score (nSPS) is 17.9. The van der Waals surface area contributed by atoms with E-state index in [9.17, 15) is 31.2 Å². The molecular weight excluding hydrogens is 529 g/mol. The molecule has 2 amide bonds. The number of alkyl halides is 3. The first-order chi connectivity index (χ1) is 17.9. The van der Waals surface area contributed by atoms with Gasteiger partial charge in [0, 0.05) is 51.0 Å². The summed E-state index contributed by atoms with van der Waals surface area (Å²) in [5, 5.41) is 8.99. The second kappa shape index (κ2) is 12.4. The molecule has 14 heteroatoms. The molecule has 208 valence electrons. The minimum absolute atomic E-state index is 0.0652. The molecule has 2 aliphatic rings. The first kappa shape index (κ1) is 29.7. The zero-order valence-electron chi connectivity index (χ0n) is 21.1. The third-order valence-corrected chi connectivity index (χ3v) is 8.28. The van der Waals surface area contributed by atoms with Crippen LogP contribution in [0.3, 0.4) is 0 Å². The number of sulfonamides is 1. The first-order valence-electron chi connectivity index (χ1n) is 11.9. The van der Waals surface area contributed by atoms with Crippen molar-refractivity contribution in [1.82, 2.24) is 9.21 Å². The number of carbonyl (C=O) groups is 2. The summed E-state index contributed by atoms with van der Waals surface area (Å²) in [7, 11) is -1.96. The number of piperazine rings is 1. The molecule has 0 atom stereocenters. The molecule has 0 aliphatic carbocycles. The van der Waals surface area contributed by atoms with Gasteiger partial charge in [0.25, 0.3) is 11.8 Å². The van der Waals surface area contributed by atoms with Crippen molar-refractivity contribution in [3.8, 4) is 6.07 Å². The van der Waals surface area contributed by atoms with Gasteiger partial charge >= 0.3 is 6.18 Å². The number of methoxy groups -OCH3 is 1. The van der Waals surface area contributed by atoms with Crippen molar-refractivity contribution in [3.05, 3.63) is 40.5 Å². The second-order valence-electron chi connectivity index (χ2n) is 8.80. The monoisotopic (exact) mass is 558 g/mol. The molecule has 10 nitrogen and oxygen atoms in total. The van der Waals surface area contributed by atoms with Crippen LogP contribution in [-0.4, -0.2) is 94.8 Å². The van der Waals surface area contributed by atoms with Gasteiger partial charge in [-0.2, -0.15) is 22.7 Å². The number of benzene rings is 1. The summed E-state index contributed by atoms with van der Waals surface area (Å²) in [6, 6.07) is 4.18. The molecule has 1 aromatic rings. The lowest BCUT2D eigenvalue weighted by molar-refractivity contribution is -0.138. The van der Waals surface area contributed by atoms with E-state index in [1.807, 2.05) is 4.90 Å². The largest absolute Gasteiger partial charge is 0.417 e. The maximum absolute atomic E-state index is 13.4. The fourth-order valence-corrected chi connectivity index (χ4v) is 5.56. The Kier molecular flexibility index (Phi) is 9.66. The van der Waals surface area contributed by atoms with Gasteiger partial charge in [0.1, 0.15) is 0 Å². The summed E-state index contributed by atoms with van der Waals surface area (Å²) in [6.45, 7) is 3.95. The topological polar surface area (TPSA) is 120 Å². The summed E-state index contributed by atoms with van der Waals surface area (Å²) in [4.78, 5) is 28.5. The van der Waals surface area contributed by atoms with Crippen molar-refractivity contribution in [3.63, 3.8) is 0 Å². The number of nitriles is 1. The second-order valence-corrected chi connectivity index (χ2v) is 10.9. The van der Waals surface area contributed by atoms with Crippen LogP contribution in [0.4, 0.5) is 18.9 Å². The summed E-state index contributed by atoms with van der Waals surface area (Å²) in [5.41, 5.74) is -1.76. The molecule has 0 N–H and O–H groups in total. The number of ether oxygens (including phenoxy) is 2. The van der Waals surface area contributed by atoms with Crippen molar-refractivity contribution in [2.75, 3.05) is 70.3 Å². The fourth-order valence-electron chi connectivity index (χ4n) is 4.26. The highest BCUT2D eigenvalue weighted by molar-refractivity contribution is 7.89. The van der Waals surface area contributed by atoms with Crippen molar-refractivity contribution >= 4 is 27.5 Å². The number of imide groups is 1. The molecular formula is C24H29F3N4O6S. The van der Waals surface area contributed by atoms with Gasteiger partial charge in [-0.3, -0.25) is 9.59 Å². The Morgan fingerprint density at radius 2 is 1.74 bits per heavy atom. The maximum Gasteiger partial charge on any atom is 0.417 e. The van der Waals surface area contributed by atoms with Gasteiger partial charge in [-0.05, 0) is 31.5 Å². The lowest BCUT2D eigenvalue weighted by atomic mass is 10.1. The molecule has 0 spiro atoms. The molecule has 3 rings (SSSR count). The summed E-state index contributed by atoms with van der Waals surface area (Å²) in [6.07, 6.45) is -4.65. The van der Waals surface area contributed by atoms with Crippen LogP contribution in [0.5, 0.6) is 0 Å². The summed E-state index contributed by atoms with van der Waals surface area (Å²) in [5.74, 6) is -1.56. The number of anilines is 1. The molecule has 0 radical (unpaired) electrons. The molecule has 0 bridgehead atoms. The van der Waals surface area contributed by atoms with E-state index in [0.717, 1.165) is 12.1 Å². The minimum Gasteiger partial charge on any atom is -0.382 e. The highest BCUT2D eigenvalue weighted by Crippen LogP contribution is 2.36.